The van der Waals surface area contributed by atoms with Crippen LogP contribution in [0.4, 0.5) is 0 Å². The predicted octanol–water partition coefficient (Wildman–Crippen LogP) is 11.9. The summed E-state index contributed by atoms with van der Waals surface area (Å²) in [6.45, 7) is 4.61. The second kappa shape index (κ2) is 10.3. The van der Waals surface area contributed by atoms with E-state index < -0.39 is 0 Å². The summed E-state index contributed by atoms with van der Waals surface area (Å²) in [6, 6.07) is 37.9. The molecular weight excluding hydrogens is 603 g/mol. The molecule has 0 spiro atoms. The van der Waals surface area contributed by atoms with Crippen molar-refractivity contribution in [3.63, 3.8) is 0 Å². The van der Waals surface area contributed by atoms with Crippen molar-refractivity contribution in [3.05, 3.63) is 150 Å². The molecule has 0 N–H and O–H groups in total. The molecule has 48 heavy (non-hydrogen) atoms. The third-order valence-corrected chi connectivity index (χ3v) is 11.8. The highest BCUT2D eigenvalue weighted by Crippen LogP contribution is 2.45. The predicted molar refractivity (Wildman–Crippen MR) is 206 cm³/mol. The lowest BCUT2D eigenvalue weighted by Crippen LogP contribution is -2.36. The van der Waals surface area contributed by atoms with Gasteiger partial charge in [0.25, 0.3) is 0 Å². The molecule has 7 aromatic rings. The van der Waals surface area contributed by atoms with Crippen LogP contribution < -0.4 is 0 Å². The number of allylic oxidation sites excluding steroid dienone is 5. The summed E-state index contributed by atoms with van der Waals surface area (Å²) in [4.78, 5) is 10.8. The van der Waals surface area contributed by atoms with Crippen LogP contribution in [0.1, 0.15) is 49.4 Å². The number of fused-ring (bicyclic) bond motifs is 9. The number of thiophene rings is 1. The van der Waals surface area contributed by atoms with Crippen molar-refractivity contribution in [1.29, 1.82) is 0 Å². The highest BCUT2D eigenvalue weighted by molar-refractivity contribution is 7.26. The first-order valence-corrected chi connectivity index (χ1v) is 17.7. The van der Waals surface area contributed by atoms with E-state index in [1.807, 2.05) is 11.3 Å². The van der Waals surface area contributed by atoms with Crippen molar-refractivity contribution in [2.75, 3.05) is 0 Å². The van der Waals surface area contributed by atoms with Crippen molar-refractivity contribution in [3.8, 4) is 11.1 Å². The lowest BCUT2D eigenvalue weighted by molar-refractivity contribution is 0.547. The molecule has 5 aromatic carbocycles. The van der Waals surface area contributed by atoms with E-state index in [9.17, 15) is 0 Å². The zero-order valence-corrected chi connectivity index (χ0v) is 27.8. The number of benzene rings is 5. The van der Waals surface area contributed by atoms with Crippen LogP contribution in [0, 0.1) is 5.41 Å². The number of aliphatic imine (C=N–C) groups is 2. The molecule has 0 amide bonds. The summed E-state index contributed by atoms with van der Waals surface area (Å²) in [5, 5.41) is 6.54. The number of rotatable bonds is 2. The average Bonchev–Trinajstić information content (AvgIpc) is 3.67. The van der Waals surface area contributed by atoms with Crippen LogP contribution in [-0.2, 0) is 0 Å². The van der Waals surface area contributed by atoms with Crippen LogP contribution in [0.5, 0.6) is 0 Å². The van der Waals surface area contributed by atoms with Crippen LogP contribution in [-0.4, -0.2) is 16.2 Å². The van der Waals surface area contributed by atoms with E-state index in [0.29, 0.717) is 5.92 Å². The second-order valence-corrected chi connectivity index (χ2v) is 14.7. The van der Waals surface area contributed by atoms with Gasteiger partial charge in [-0.2, -0.15) is 0 Å². The van der Waals surface area contributed by atoms with Gasteiger partial charge >= 0.3 is 0 Å². The van der Waals surface area contributed by atoms with Crippen LogP contribution in [0.2, 0.25) is 0 Å². The number of hydrogen-bond donors (Lipinski definition) is 0. The lowest BCUT2D eigenvalue weighted by atomic mass is 9.73. The largest absolute Gasteiger partial charge is 0.281 e. The Morgan fingerprint density at radius 2 is 1.54 bits per heavy atom. The SMILES string of the molecule is CC1CC=Cc2c1n(C1=NC3=CC=CCC3(C)C(c3ccccc3)=N1)c1ccc(-c3ccc4sc5ccc6ccccc6c5c4c3)cc21. The van der Waals surface area contributed by atoms with Crippen molar-refractivity contribution in [1.82, 2.24) is 4.57 Å². The van der Waals surface area contributed by atoms with Gasteiger partial charge in [0.2, 0.25) is 5.96 Å². The Morgan fingerprint density at radius 3 is 2.44 bits per heavy atom. The molecule has 0 bridgehead atoms. The van der Waals surface area contributed by atoms with Crippen molar-refractivity contribution in [2.45, 2.75) is 32.6 Å². The molecule has 0 radical (unpaired) electrons. The van der Waals surface area contributed by atoms with E-state index in [1.54, 1.807) is 0 Å². The molecule has 10 rings (SSSR count). The van der Waals surface area contributed by atoms with Crippen LogP contribution in [0.15, 0.2) is 143 Å². The average molecular weight is 636 g/mol. The van der Waals surface area contributed by atoms with Gasteiger partial charge in [0.15, 0.2) is 0 Å². The number of nitrogens with zero attached hydrogens (tertiary/aromatic N) is 3. The highest BCUT2D eigenvalue weighted by atomic mass is 32.1. The first-order chi connectivity index (χ1) is 23.6. The minimum Gasteiger partial charge on any atom is -0.281 e. The van der Waals surface area contributed by atoms with E-state index in [0.717, 1.165) is 41.3 Å². The maximum atomic E-state index is 5.44. The van der Waals surface area contributed by atoms with Gasteiger partial charge in [0.1, 0.15) is 0 Å². The highest BCUT2D eigenvalue weighted by Gasteiger charge is 2.40. The molecule has 0 saturated heterocycles. The Morgan fingerprint density at radius 1 is 0.750 bits per heavy atom. The summed E-state index contributed by atoms with van der Waals surface area (Å²) in [7, 11) is 0. The van der Waals surface area contributed by atoms with Crippen molar-refractivity contribution in [2.24, 2.45) is 15.4 Å². The molecule has 3 heterocycles. The topological polar surface area (TPSA) is 29.6 Å². The molecule has 2 atom stereocenters. The third-order valence-electron chi connectivity index (χ3n) is 10.7. The Kier molecular flexibility index (Phi) is 5.98. The molecule has 3 nitrogen and oxygen atoms in total. The standard InChI is InChI=1S/C44H33N3S/c1-27-11-10-16-33-34-25-30(31-20-22-37-35(26-31)40-32-15-7-6-12-28(32)19-23-38(40)48-37)18-21-36(34)47(41(27)33)43-45-39-17-8-9-24-44(39,2)42(46-43)29-13-4-3-5-14-29/h3-10,12-23,25-27H,11,24H2,1-2H3. The number of aromatic nitrogens is 1. The summed E-state index contributed by atoms with van der Waals surface area (Å²) in [5.74, 6) is 1.10. The minimum absolute atomic E-state index is 0.267. The first kappa shape index (κ1) is 27.8. The number of hydrogen-bond acceptors (Lipinski definition) is 3. The molecule has 2 unspecified atom stereocenters. The Bertz CT molecular complexity index is 2640. The summed E-state index contributed by atoms with van der Waals surface area (Å²) in [5.41, 5.74) is 9.23. The van der Waals surface area contributed by atoms with Crippen LogP contribution in [0.25, 0.3) is 59.1 Å². The second-order valence-electron chi connectivity index (χ2n) is 13.6. The molecule has 230 valence electrons. The van der Waals surface area contributed by atoms with Gasteiger partial charge in [-0.05, 0) is 83.6 Å². The van der Waals surface area contributed by atoms with Gasteiger partial charge in [-0.3, -0.25) is 4.57 Å². The van der Waals surface area contributed by atoms with Crippen molar-refractivity contribution >= 4 is 70.9 Å². The van der Waals surface area contributed by atoms with Gasteiger partial charge in [-0.25, -0.2) is 9.98 Å². The molecule has 3 aliphatic rings. The van der Waals surface area contributed by atoms with Gasteiger partial charge in [-0.1, -0.05) is 104 Å². The Labute approximate surface area is 283 Å². The lowest BCUT2D eigenvalue weighted by Gasteiger charge is -2.36. The van der Waals surface area contributed by atoms with Gasteiger partial charge < -0.3 is 0 Å². The maximum absolute atomic E-state index is 5.44. The molecule has 1 aliphatic heterocycles. The molecule has 2 aliphatic carbocycles. The monoisotopic (exact) mass is 635 g/mol. The zero-order valence-electron chi connectivity index (χ0n) is 26.9. The summed E-state index contributed by atoms with van der Waals surface area (Å²) in [6.07, 6.45) is 13.1. The fourth-order valence-electron chi connectivity index (χ4n) is 8.18. The molecule has 4 heteroatoms. The van der Waals surface area contributed by atoms with Crippen molar-refractivity contribution < 1.29 is 0 Å². The van der Waals surface area contributed by atoms with Gasteiger partial charge in [-0.15, -0.1) is 11.3 Å². The van der Waals surface area contributed by atoms with E-state index in [4.69, 9.17) is 9.98 Å². The normalized spacial score (nSPS) is 20.2. The fourth-order valence-corrected chi connectivity index (χ4v) is 9.29. The minimum atomic E-state index is -0.267. The Hall–Kier alpha value is -5.32. The third kappa shape index (κ3) is 3.99. The smallest absolute Gasteiger partial charge is 0.234 e. The van der Waals surface area contributed by atoms with E-state index in [1.165, 1.54) is 58.7 Å². The zero-order chi connectivity index (χ0) is 32.0. The molecule has 0 saturated carbocycles. The fraction of sp³-hybridized carbons (Fsp3) is 0.136. The molecule has 2 aromatic heterocycles. The van der Waals surface area contributed by atoms with E-state index in [2.05, 4.69) is 152 Å². The summed E-state index contributed by atoms with van der Waals surface area (Å²) < 4.78 is 5.02. The summed E-state index contributed by atoms with van der Waals surface area (Å²) >= 11 is 1.88. The first-order valence-electron chi connectivity index (χ1n) is 16.9. The van der Waals surface area contributed by atoms with Gasteiger partial charge in [0.05, 0.1) is 22.3 Å². The van der Waals surface area contributed by atoms with Crippen LogP contribution >= 0.6 is 11.3 Å². The molecule has 0 fully saturated rings. The maximum Gasteiger partial charge on any atom is 0.234 e. The van der Waals surface area contributed by atoms with Gasteiger partial charge in [0, 0.05) is 42.7 Å². The quantitative estimate of drug-likeness (QED) is 0.181. The van der Waals surface area contributed by atoms with Crippen LogP contribution in [0.3, 0.4) is 0 Å². The van der Waals surface area contributed by atoms with E-state index in [-0.39, 0.29) is 5.41 Å². The Balaban J connectivity index is 1.18. The van der Waals surface area contributed by atoms with E-state index >= 15 is 0 Å². The molecular formula is C44H33N3S.